The predicted octanol–water partition coefficient (Wildman–Crippen LogP) is 3.35. The van der Waals surface area contributed by atoms with Crippen molar-refractivity contribution in [2.45, 2.75) is 13.8 Å². The largest absolute Gasteiger partial charge is 0.496 e. The van der Waals surface area contributed by atoms with Crippen LogP contribution in [0.4, 0.5) is 10.2 Å². The number of hydrogen-bond donors (Lipinski definition) is 1. The van der Waals surface area contributed by atoms with Gasteiger partial charge in [0, 0.05) is 11.8 Å². The third-order valence-corrected chi connectivity index (χ3v) is 3.64. The van der Waals surface area contributed by atoms with E-state index in [0.717, 1.165) is 22.4 Å². The SMILES string of the molecule is COc1cc(C)c(-c2nc3c(F)cccn3c2N)cc1C. The minimum Gasteiger partial charge on any atom is -0.496 e. The lowest BCUT2D eigenvalue weighted by Crippen LogP contribution is -1.96. The Labute approximate surface area is 122 Å². The molecule has 0 aliphatic carbocycles. The van der Waals surface area contributed by atoms with Gasteiger partial charge in [0.25, 0.3) is 0 Å². The summed E-state index contributed by atoms with van der Waals surface area (Å²) in [6.07, 6.45) is 1.70. The lowest BCUT2D eigenvalue weighted by molar-refractivity contribution is 0.411. The van der Waals surface area contributed by atoms with Crippen LogP contribution in [-0.4, -0.2) is 16.5 Å². The quantitative estimate of drug-likeness (QED) is 0.785. The van der Waals surface area contributed by atoms with Crippen LogP contribution in [-0.2, 0) is 0 Å². The van der Waals surface area contributed by atoms with Crippen molar-refractivity contribution in [1.82, 2.24) is 9.38 Å². The standard InChI is InChI=1S/C16H16FN3O/c1-9-8-13(21-3)10(2)7-11(9)14-15(18)20-6-4-5-12(17)16(20)19-14/h4-8H,18H2,1-3H3. The van der Waals surface area contributed by atoms with E-state index in [-0.39, 0.29) is 5.65 Å². The molecule has 0 aliphatic heterocycles. The van der Waals surface area contributed by atoms with Crippen LogP contribution in [0, 0.1) is 19.7 Å². The number of aryl methyl sites for hydroxylation is 2. The third kappa shape index (κ3) is 2.01. The fraction of sp³-hybridized carbons (Fsp3) is 0.188. The van der Waals surface area contributed by atoms with Crippen molar-refractivity contribution in [3.63, 3.8) is 0 Å². The van der Waals surface area contributed by atoms with Crippen LogP contribution in [0.2, 0.25) is 0 Å². The van der Waals surface area contributed by atoms with E-state index in [9.17, 15) is 4.39 Å². The average molecular weight is 285 g/mol. The molecule has 3 aromatic rings. The highest BCUT2D eigenvalue weighted by Gasteiger charge is 2.16. The molecule has 108 valence electrons. The van der Waals surface area contributed by atoms with E-state index >= 15 is 0 Å². The first-order valence-electron chi connectivity index (χ1n) is 6.60. The number of anilines is 1. The van der Waals surface area contributed by atoms with Crippen molar-refractivity contribution in [3.8, 4) is 17.0 Å². The van der Waals surface area contributed by atoms with Crippen molar-refractivity contribution in [2.75, 3.05) is 12.8 Å². The average Bonchev–Trinajstić information content (AvgIpc) is 2.80. The second kappa shape index (κ2) is 4.77. The Morgan fingerprint density at radius 3 is 2.67 bits per heavy atom. The van der Waals surface area contributed by atoms with Gasteiger partial charge in [-0.3, -0.25) is 4.40 Å². The summed E-state index contributed by atoms with van der Waals surface area (Å²) in [5.41, 5.74) is 9.80. The van der Waals surface area contributed by atoms with Gasteiger partial charge in [0.1, 0.15) is 17.3 Å². The van der Waals surface area contributed by atoms with Crippen LogP contribution in [0.15, 0.2) is 30.5 Å². The summed E-state index contributed by atoms with van der Waals surface area (Å²) in [7, 11) is 1.64. The van der Waals surface area contributed by atoms with E-state index < -0.39 is 5.82 Å². The number of aromatic nitrogens is 2. The second-order valence-electron chi connectivity index (χ2n) is 5.03. The summed E-state index contributed by atoms with van der Waals surface area (Å²) in [5.74, 6) is 0.847. The molecule has 0 saturated carbocycles. The Morgan fingerprint density at radius 1 is 1.24 bits per heavy atom. The molecule has 3 rings (SSSR count). The van der Waals surface area contributed by atoms with Gasteiger partial charge in [-0.1, -0.05) is 0 Å². The molecule has 0 radical (unpaired) electrons. The summed E-state index contributed by atoms with van der Waals surface area (Å²) in [6.45, 7) is 3.91. The van der Waals surface area contributed by atoms with Gasteiger partial charge in [0.15, 0.2) is 11.5 Å². The highest BCUT2D eigenvalue weighted by atomic mass is 19.1. The molecular formula is C16H16FN3O. The number of imidazole rings is 1. The number of pyridine rings is 1. The molecule has 0 bridgehead atoms. The van der Waals surface area contributed by atoms with Gasteiger partial charge in [0.05, 0.1) is 7.11 Å². The lowest BCUT2D eigenvalue weighted by atomic mass is 10.0. The van der Waals surface area contributed by atoms with E-state index in [2.05, 4.69) is 4.98 Å². The van der Waals surface area contributed by atoms with Gasteiger partial charge < -0.3 is 10.5 Å². The van der Waals surface area contributed by atoms with Crippen molar-refractivity contribution in [3.05, 3.63) is 47.4 Å². The van der Waals surface area contributed by atoms with Crippen LogP contribution in [0.25, 0.3) is 16.9 Å². The molecule has 0 fully saturated rings. The summed E-state index contributed by atoms with van der Waals surface area (Å²) in [5, 5.41) is 0. The summed E-state index contributed by atoms with van der Waals surface area (Å²) < 4.78 is 20.7. The maximum atomic E-state index is 13.8. The van der Waals surface area contributed by atoms with Gasteiger partial charge in [-0.25, -0.2) is 9.37 Å². The first-order chi connectivity index (χ1) is 10.0. The topological polar surface area (TPSA) is 52.5 Å². The first-order valence-corrected chi connectivity index (χ1v) is 6.60. The molecule has 0 amide bonds. The Morgan fingerprint density at radius 2 is 2.00 bits per heavy atom. The Kier molecular flexibility index (Phi) is 3.05. The zero-order valence-corrected chi connectivity index (χ0v) is 12.1. The number of rotatable bonds is 2. The van der Waals surface area contributed by atoms with Crippen molar-refractivity contribution in [2.24, 2.45) is 0 Å². The predicted molar refractivity (Wildman–Crippen MR) is 81.0 cm³/mol. The van der Waals surface area contributed by atoms with E-state index in [0.29, 0.717) is 11.5 Å². The van der Waals surface area contributed by atoms with E-state index in [4.69, 9.17) is 10.5 Å². The monoisotopic (exact) mass is 285 g/mol. The fourth-order valence-corrected chi connectivity index (χ4v) is 2.52. The van der Waals surface area contributed by atoms with Crippen molar-refractivity contribution < 1.29 is 9.13 Å². The molecule has 2 heterocycles. The molecule has 2 N–H and O–H groups in total. The number of benzene rings is 1. The number of nitrogen functional groups attached to an aromatic ring is 1. The Bertz CT molecular complexity index is 839. The highest BCUT2D eigenvalue weighted by Crippen LogP contribution is 2.33. The Balaban J connectivity index is 2.28. The van der Waals surface area contributed by atoms with Crippen LogP contribution >= 0.6 is 0 Å². The third-order valence-electron chi connectivity index (χ3n) is 3.64. The van der Waals surface area contributed by atoms with E-state index in [1.54, 1.807) is 23.8 Å². The van der Waals surface area contributed by atoms with Gasteiger partial charge in [-0.2, -0.15) is 0 Å². The number of hydrogen-bond acceptors (Lipinski definition) is 3. The number of fused-ring (bicyclic) bond motifs is 1. The van der Waals surface area contributed by atoms with E-state index in [1.165, 1.54) is 6.07 Å². The molecule has 0 atom stereocenters. The molecule has 0 unspecified atom stereocenters. The molecule has 0 spiro atoms. The second-order valence-corrected chi connectivity index (χ2v) is 5.03. The van der Waals surface area contributed by atoms with Crippen molar-refractivity contribution >= 4 is 11.5 Å². The summed E-state index contributed by atoms with van der Waals surface area (Å²) in [6, 6.07) is 6.88. The normalized spacial score (nSPS) is 11.0. The van der Waals surface area contributed by atoms with Gasteiger partial charge >= 0.3 is 0 Å². The zero-order chi connectivity index (χ0) is 15.1. The number of nitrogens with zero attached hydrogens (tertiary/aromatic N) is 2. The molecule has 5 heteroatoms. The summed E-state index contributed by atoms with van der Waals surface area (Å²) in [4.78, 5) is 4.36. The molecule has 0 aliphatic rings. The zero-order valence-electron chi connectivity index (χ0n) is 12.1. The number of nitrogens with two attached hydrogens (primary N) is 1. The fourth-order valence-electron chi connectivity index (χ4n) is 2.52. The minimum absolute atomic E-state index is 0.234. The van der Waals surface area contributed by atoms with Crippen LogP contribution < -0.4 is 10.5 Å². The maximum Gasteiger partial charge on any atom is 0.175 e. The molecule has 2 aromatic heterocycles. The van der Waals surface area contributed by atoms with Crippen LogP contribution in [0.1, 0.15) is 11.1 Å². The Hall–Kier alpha value is -2.56. The van der Waals surface area contributed by atoms with Crippen molar-refractivity contribution in [1.29, 1.82) is 0 Å². The van der Waals surface area contributed by atoms with E-state index in [1.807, 2.05) is 26.0 Å². The molecular weight excluding hydrogens is 269 g/mol. The summed E-state index contributed by atoms with van der Waals surface area (Å²) >= 11 is 0. The molecule has 4 nitrogen and oxygen atoms in total. The number of halogens is 1. The van der Waals surface area contributed by atoms with Gasteiger partial charge in [-0.15, -0.1) is 0 Å². The molecule has 0 saturated heterocycles. The van der Waals surface area contributed by atoms with Crippen LogP contribution in [0.5, 0.6) is 5.75 Å². The molecule has 21 heavy (non-hydrogen) atoms. The highest BCUT2D eigenvalue weighted by molar-refractivity contribution is 5.78. The number of ether oxygens (including phenoxy) is 1. The van der Waals surface area contributed by atoms with Gasteiger partial charge in [-0.05, 0) is 49.2 Å². The maximum absolute atomic E-state index is 13.8. The first kappa shape index (κ1) is 13.4. The van der Waals surface area contributed by atoms with Crippen LogP contribution in [0.3, 0.4) is 0 Å². The number of methoxy groups -OCH3 is 1. The molecule has 1 aromatic carbocycles. The minimum atomic E-state index is -0.390. The smallest absolute Gasteiger partial charge is 0.175 e. The van der Waals surface area contributed by atoms with Gasteiger partial charge in [0.2, 0.25) is 0 Å². The lowest BCUT2D eigenvalue weighted by Gasteiger charge is -2.10.